The summed E-state index contributed by atoms with van der Waals surface area (Å²) in [7, 11) is 1.99. The van der Waals surface area contributed by atoms with E-state index in [4.69, 9.17) is 0 Å². The lowest BCUT2D eigenvalue weighted by Crippen LogP contribution is -2.50. The SMILES string of the molecule is CN(C(=O)CNC(C)(C)C)C1CCN(CC2CCC(C(C)(C)C)CC2)CC1. The zero-order chi connectivity index (χ0) is 20.2. The number of likely N-dealkylation sites (N-methyl/N-ethyl adjacent to an activating group) is 1. The summed E-state index contributed by atoms with van der Waals surface area (Å²) in [6.07, 6.45) is 7.85. The molecule has 0 radical (unpaired) electrons. The minimum Gasteiger partial charge on any atom is -0.342 e. The number of amides is 1. The first-order chi connectivity index (χ1) is 12.5. The van der Waals surface area contributed by atoms with Gasteiger partial charge in [-0.3, -0.25) is 4.79 Å². The Bertz CT molecular complexity index is 461. The van der Waals surface area contributed by atoms with E-state index in [9.17, 15) is 4.79 Å². The molecule has 2 aliphatic rings. The van der Waals surface area contributed by atoms with Gasteiger partial charge in [-0.1, -0.05) is 20.8 Å². The lowest BCUT2D eigenvalue weighted by Gasteiger charge is -2.41. The summed E-state index contributed by atoms with van der Waals surface area (Å²) in [5, 5.41) is 3.32. The van der Waals surface area contributed by atoms with Crippen molar-refractivity contribution in [3.63, 3.8) is 0 Å². The van der Waals surface area contributed by atoms with Crippen LogP contribution in [0, 0.1) is 17.3 Å². The van der Waals surface area contributed by atoms with Gasteiger partial charge in [0.25, 0.3) is 0 Å². The number of carbonyl (C=O) groups excluding carboxylic acids is 1. The van der Waals surface area contributed by atoms with Crippen LogP contribution < -0.4 is 5.32 Å². The molecule has 0 unspecified atom stereocenters. The predicted molar refractivity (Wildman–Crippen MR) is 115 cm³/mol. The van der Waals surface area contributed by atoms with Crippen molar-refractivity contribution in [2.45, 2.75) is 91.6 Å². The normalized spacial score (nSPS) is 26.2. The molecule has 1 saturated heterocycles. The fourth-order valence-electron chi connectivity index (χ4n) is 4.73. The van der Waals surface area contributed by atoms with Crippen molar-refractivity contribution in [1.29, 1.82) is 0 Å². The topological polar surface area (TPSA) is 35.6 Å². The second-order valence-corrected chi connectivity index (χ2v) is 11.2. The minimum absolute atomic E-state index is 0.00808. The van der Waals surface area contributed by atoms with Gasteiger partial charge < -0.3 is 15.1 Å². The van der Waals surface area contributed by atoms with Crippen LogP contribution in [0.4, 0.5) is 0 Å². The van der Waals surface area contributed by atoms with Crippen LogP contribution in [0.3, 0.4) is 0 Å². The van der Waals surface area contributed by atoms with Gasteiger partial charge >= 0.3 is 0 Å². The highest BCUT2D eigenvalue weighted by atomic mass is 16.2. The lowest BCUT2D eigenvalue weighted by molar-refractivity contribution is -0.132. The third-order valence-corrected chi connectivity index (χ3v) is 6.86. The number of nitrogens with one attached hydrogen (secondary N) is 1. The number of piperidine rings is 1. The zero-order valence-corrected chi connectivity index (χ0v) is 19.1. The van der Waals surface area contributed by atoms with Gasteiger partial charge in [0.15, 0.2) is 0 Å². The van der Waals surface area contributed by atoms with Gasteiger partial charge in [0.1, 0.15) is 0 Å². The van der Waals surface area contributed by atoms with E-state index >= 15 is 0 Å². The molecule has 27 heavy (non-hydrogen) atoms. The Hall–Kier alpha value is -0.610. The van der Waals surface area contributed by atoms with Crippen molar-refractivity contribution in [2.24, 2.45) is 17.3 Å². The fraction of sp³-hybridized carbons (Fsp3) is 0.957. The second-order valence-electron chi connectivity index (χ2n) is 11.2. The maximum atomic E-state index is 12.4. The molecule has 1 aliphatic heterocycles. The molecule has 0 aromatic heterocycles. The van der Waals surface area contributed by atoms with Crippen LogP contribution in [0.2, 0.25) is 0 Å². The van der Waals surface area contributed by atoms with Crippen LogP contribution in [-0.2, 0) is 4.79 Å². The molecule has 4 heteroatoms. The number of hydrogen-bond donors (Lipinski definition) is 1. The van der Waals surface area contributed by atoms with Crippen LogP contribution in [0.5, 0.6) is 0 Å². The first-order valence-electron chi connectivity index (χ1n) is 11.2. The maximum Gasteiger partial charge on any atom is 0.236 e. The summed E-state index contributed by atoms with van der Waals surface area (Å²) in [5.41, 5.74) is 0.466. The van der Waals surface area contributed by atoms with Crippen molar-refractivity contribution < 1.29 is 4.79 Å². The van der Waals surface area contributed by atoms with E-state index in [-0.39, 0.29) is 11.4 Å². The van der Waals surface area contributed by atoms with E-state index in [2.05, 4.69) is 51.8 Å². The van der Waals surface area contributed by atoms with Gasteiger partial charge in [0.2, 0.25) is 5.91 Å². The molecular weight excluding hydrogens is 334 g/mol. The van der Waals surface area contributed by atoms with Crippen molar-refractivity contribution in [3.05, 3.63) is 0 Å². The van der Waals surface area contributed by atoms with Crippen LogP contribution in [0.15, 0.2) is 0 Å². The van der Waals surface area contributed by atoms with Crippen LogP contribution in [-0.4, -0.2) is 60.5 Å². The molecule has 4 nitrogen and oxygen atoms in total. The monoisotopic (exact) mass is 379 g/mol. The van der Waals surface area contributed by atoms with Gasteiger partial charge in [-0.15, -0.1) is 0 Å². The first-order valence-corrected chi connectivity index (χ1v) is 11.2. The van der Waals surface area contributed by atoms with Crippen molar-refractivity contribution in [3.8, 4) is 0 Å². The smallest absolute Gasteiger partial charge is 0.236 e. The summed E-state index contributed by atoms with van der Waals surface area (Å²) < 4.78 is 0. The van der Waals surface area contributed by atoms with E-state index in [1.807, 2.05) is 11.9 Å². The van der Waals surface area contributed by atoms with Crippen LogP contribution in [0.1, 0.15) is 80.1 Å². The van der Waals surface area contributed by atoms with Gasteiger partial charge in [0.05, 0.1) is 6.54 Å². The Balaban J connectivity index is 1.69. The molecule has 2 rings (SSSR count). The molecule has 1 N–H and O–H groups in total. The molecule has 0 bridgehead atoms. The molecule has 0 aromatic rings. The largest absolute Gasteiger partial charge is 0.342 e. The van der Waals surface area contributed by atoms with E-state index in [0.29, 0.717) is 18.0 Å². The lowest BCUT2D eigenvalue weighted by atomic mass is 9.70. The quantitative estimate of drug-likeness (QED) is 0.779. The van der Waals surface area contributed by atoms with Crippen LogP contribution in [0.25, 0.3) is 0 Å². The van der Waals surface area contributed by atoms with Gasteiger partial charge in [0, 0.05) is 38.3 Å². The summed E-state index contributed by atoms with van der Waals surface area (Å²) in [4.78, 5) is 17.1. The Kier molecular flexibility index (Phi) is 7.78. The molecule has 0 atom stereocenters. The first kappa shape index (κ1) is 22.7. The molecule has 1 heterocycles. The molecule has 0 spiro atoms. The number of rotatable bonds is 5. The predicted octanol–water partition coefficient (Wildman–Crippen LogP) is 4.15. The summed E-state index contributed by atoms with van der Waals surface area (Å²) in [6.45, 7) is 17.5. The number of carbonyl (C=O) groups is 1. The highest BCUT2D eigenvalue weighted by molar-refractivity contribution is 5.78. The van der Waals surface area contributed by atoms with E-state index in [1.54, 1.807) is 0 Å². The number of nitrogens with zero attached hydrogens (tertiary/aromatic N) is 2. The Morgan fingerprint density at radius 3 is 2.00 bits per heavy atom. The van der Waals surface area contributed by atoms with E-state index < -0.39 is 0 Å². The molecule has 0 aromatic carbocycles. The molecule has 158 valence electrons. The molecule has 2 fully saturated rings. The Labute approximate surface area is 168 Å². The minimum atomic E-state index is -0.00808. The van der Waals surface area contributed by atoms with Gasteiger partial charge in [-0.05, 0) is 76.5 Å². The van der Waals surface area contributed by atoms with Crippen molar-refractivity contribution in [2.75, 3.05) is 33.2 Å². The summed E-state index contributed by atoms with van der Waals surface area (Å²) in [5.74, 6) is 2.01. The average molecular weight is 380 g/mol. The highest BCUT2D eigenvalue weighted by Crippen LogP contribution is 2.40. The molecule has 1 aliphatic carbocycles. The third kappa shape index (κ3) is 7.38. The maximum absolute atomic E-state index is 12.4. The molecule has 1 amide bonds. The number of likely N-dealkylation sites (tertiary alicyclic amines) is 1. The fourth-order valence-corrected chi connectivity index (χ4v) is 4.73. The summed E-state index contributed by atoms with van der Waals surface area (Å²) >= 11 is 0. The van der Waals surface area contributed by atoms with E-state index in [0.717, 1.165) is 37.8 Å². The second kappa shape index (κ2) is 9.26. The standard InChI is InChI=1S/C23H45N3O/c1-22(2,3)19-10-8-18(9-11-19)17-26-14-12-20(13-15-26)25(7)21(27)16-24-23(4,5)6/h18-20,24H,8-17H2,1-7H3. The molecular formula is C23H45N3O. The van der Waals surface area contributed by atoms with E-state index in [1.165, 1.54) is 32.2 Å². The number of hydrogen-bond acceptors (Lipinski definition) is 3. The Morgan fingerprint density at radius 2 is 1.52 bits per heavy atom. The average Bonchev–Trinajstić information content (AvgIpc) is 2.59. The van der Waals surface area contributed by atoms with Crippen molar-refractivity contribution >= 4 is 5.91 Å². The highest BCUT2D eigenvalue weighted by Gasteiger charge is 2.31. The van der Waals surface area contributed by atoms with Gasteiger partial charge in [-0.25, -0.2) is 0 Å². The van der Waals surface area contributed by atoms with Crippen LogP contribution >= 0.6 is 0 Å². The summed E-state index contributed by atoms with van der Waals surface area (Å²) in [6, 6.07) is 0.409. The van der Waals surface area contributed by atoms with Gasteiger partial charge in [-0.2, -0.15) is 0 Å². The van der Waals surface area contributed by atoms with Crippen molar-refractivity contribution in [1.82, 2.24) is 15.1 Å². The zero-order valence-electron chi connectivity index (χ0n) is 19.1. The molecule has 1 saturated carbocycles. The Morgan fingerprint density at radius 1 is 0.963 bits per heavy atom. The third-order valence-electron chi connectivity index (χ3n) is 6.86.